The van der Waals surface area contributed by atoms with Crippen LogP contribution in [0.1, 0.15) is 52.0 Å². The first-order valence-electron chi connectivity index (χ1n) is 11.4. The van der Waals surface area contributed by atoms with Gasteiger partial charge in [-0.2, -0.15) is 0 Å². The predicted molar refractivity (Wildman–Crippen MR) is 128 cm³/mol. The zero-order valence-corrected chi connectivity index (χ0v) is 20.2. The van der Waals surface area contributed by atoms with E-state index in [-0.39, 0.29) is 24.1 Å². The number of hydrogen-bond donors (Lipinski definition) is 4. The van der Waals surface area contributed by atoms with Crippen LogP contribution in [0.25, 0.3) is 0 Å². The van der Waals surface area contributed by atoms with E-state index in [0.29, 0.717) is 18.5 Å². The molecule has 1 aliphatic carbocycles. The highest BCUT2D eigenvalue weighted by atomic mass is 35.5. The molecule has 1 amide bonds. The van der Waals surface area contributed by atoms with Gasteiger partial charge in [-0.25, -0.2) is 4.79 Å². The standard InChI is InChI=1S/C24H36ClN3O4/c1-5-18(6-2)32-22-14-17(24(30)31)13-21(23(22)28-16(4)29)27-12-8-11-26-20-10-7-9-19(25)15(20)3/h7,9-10,14,18,21-23,26-27H,5-6,8,11-13H2,1-4H3,(H,28,29)(H,30,31)/t21-,22+,23+/m0/s1. The number of anilines is 1. The lowest BCUT2D eigenvalue weighted by atomic mass is 9.87. The van der Waals surface area contributed by atoms with E-state index >= 15 is 0 Å². The van der Waals surface area contributed by atoms with E-state index in [4.69, 9.17) is 16.3 Å². The van der Waals surface area contributed by atoms with Crippen LogP contribution in [0.2, 0.25) is 5.02 Å². The van der Waals surface area contributed by atoms with Crippen LogP contribution in [0, 0.1) is 6.92 Å². The summed E-state index contributed by atoms with van der Waals surface area (Å²) in [5, 5.41) is 20.2. The van der Waals surface area contributed by atoms with Crippen LogP contribution in [0.5, 0.6) is 0 Å². The van der Waals surface area contributed by atoms with Crippen molar-refractivity contribution in [2.24, 2.45) is 0 Å². The highest BCUT2D eigenvalue weighted by Gasteiger charge is 2.37. The molecule has 0 bridgehead atoms. The molecule has 1 aromatic carbocycles. The second-order valence-electron chi connectivity index (χ2n) is 8.22. The monoisotopic (exact) mass is 465 g/mol. The number of halogens is 1. The summed E-state index contributed by atoms with van der Waals surface area (Å²) in [5.74, 6) is -1.11. The number of ether oxygens (including phenoxy) is 1. The number of carboxylic acid groups (broad SMARTS) is 1. The number of amides is 1. The molecule has 32 heavy (non-hydrogen) atoms. The summed E-state index contributed by atoms with van der Waals surface area (Å²) in [6, 6.07) is 5.20. The molecule has 0 saturated heterocycles. The number of benzene rings is 1. The molecule has 1 aliphatic rings. The van der Waals surface area contributed by atoms with Gasteiger partial charge in [0.2, 0.25) is 5.91 Å². The fourth-order valence-corrected chi connectivity index (χ4v) is 4.14. The van der Waals surface area contributed by atoms with Crippen molar-refractivity contribution in [2.45, 2.75) is 77.7 Å². The number of carboxylic acids is 1. The van der Waals surface area contributed by atoms with Crippen molar-refractivity contribution in [1.29, 1.82) is 0 Å². The third kappa shape index (κ3) is 7.50. The van der Waals surface area contributed by atoms with Crippen LogP contribution in [0.15, 0.2) is 29.8 Å². The van der Waals surface area contributed by atoms with E-state index in [1.807, 2.05) is 39.0 Å². The minimum Gasteiger partial charge on any atom is -0.478 e. The minimum absolute atomic E-state index is 0.00596. The highest BCUT2D eigenvalue weighted by Crippen LogP contribution is 2.25. The molecule has 0 spiro atoms. The van der Waals surface area contributed by atoms with E-state index in [0.717, 1.165) is 42.1 Å². The molecule has 0 radical (unpaired) electrons. The van der Waals surface area contributed by atoms with Crippen LogP contribution in [0.3, 0.4) is 0 Å². The van der Waals surface area contributed by atoms with Crippen molar-refractivity contribution >= 4 is 29.2 Å². The van der Waals surface area contributed by atoms with Gasteiger partial charge in [0.1, 0.15) is 0 Å². The molecule has 0 heterocycles. The molecule has 4 N–H and O–H groups in total. The maximum absolute atomic E-state index is 11.9. The first-order valence-corrected chi connectivity index (χ1v) is 11.7. The summed E-state index contributed by atoms with van der Waals surface area (Å²) < 4.78 is 6.20. The lowest BCUT2D eigenvalue weighted by Crippen LogP contribution is -2.58. The van der Waals surface area contributed by atoms with E-state index in [9.17, 15) is 14.7 Å². The molecule has 178 valence electrons. The van der Waals surface area contributed by atoms with Crippen LogP contribution in [0.4, 0.5) is 5.69 Å². The second-order valence-corrected chi connectivity index (χ2v) is 8.63. The Hall–Kier alpha value is -2.09. The largest absolute Gasteiger partial charge is 0.478 e. The summed E-state index contributed by atoms with van der Waals surface area (Å²) >= 11 is 6.17. The molecule has 1 aromatic rings. The van der Waals surface area contributed by atoms with Gasteiger partial charge in [0.25, 0.3) is 0 Å². The van der Waals surface area contributed by atoms with Crippen molar-refractivity contribution in [1.82, 2.24) is 10.6 Å². The number of carbonyl (C=O) groups is 2. The van der Waals surface area contributed by atoms with Crippen molar-refractivity contribution in [3.05, 3.63) is 40.4 Å². The molecule has 3 atom stereocenters. The summed E-state index contributed by atoms with van der Waals surface area (Å²) in [7, 11) is 0. The van der Waals surface area contributed by atoms with Gasteiger partial charge in [-0.1, -0.05) is 31.5 Å². The topological polar surface area (TPSA) is 99.7 Å². The lowest BCUT2D eigenvalue weighted by molar-refractivity contribution is -0.133. The van der Waals surface area contributed by atoms with E-state index in [2.05, 4.69) is 16.0 Å². The van der Waals surface area contributed by atoms with E-state index in [1.165, 1.54) is 6.92 Å². The Labute approximate surface area is 195 Å². The predicted octanol–water partition coefficient (Wildman–Crippen LogP) is 3.90. The number of carbonyl (C=O) groups excluding carboxylic acids is 1. The third-order valence-electron chi connectivity index (χ3n) is 5.84. The van der Waals surface area contributed by atoms with Gasteiger partial charge < -0.3 is 25.8 Å². The zero-order valence-electron chi connectivity index (χ0n) is 19.4. The molecule has 0 aromatic heterocycles. The molecular formula is C24H36ClN3O4. The Morgan fingerprint density at radius 3 is 2.59 bits per heavy atom. The van der Waals surface area contributed by atoms with Gasteiger partial charge in [-0.3, -0.25) is 4.79 Å². The summed E-state index contributed by atoms with van der Waals surface area (Å²) in [6.07, 6.45) is 3.96. The van der Waals surface area contributed by atoms with Crippen molar-refractivity contribution < 1.29 is 19.4 Å². The number of hydrogen-bond acceptors (Lipinski definition) is 5. The number of nitrogens with one attached hydrogen (secondary N) is 3. The summed E-state index contributed by atoms with van der Waals surface area (Å²) in [6.45, 7) is 8.92. The average molecular weight is 466 g/mol. The van der Waals surface area contributed by atoms with E-state index in [1.54, 1.807) is 6.08 Å². The Morgan fingerprint density at radius 1 is 1.25 bits per heavy atom. The molecule has 0 aliphatic heterocycles. The second kappa shape index (κ2) is 12.8. The lowest BCUT2D eigenvalue weighted by Gasteiger charge is -2.38. The van der Waals surface area contributed by atoms with Crippen molar-refractivity contribution in [3.63, 3.8) is 0 Å². The van der Waals surface area contributed by atoms with Gasteiger partial charge in [0, 0.05) is 35.8 Å². The first-order chi connectivity index (χ1) is 15.3. The Morgan fingerprint density at radius 2 is 1.97 bits per heavy atom. The van der Waals surface area contributed by atoms with Gasteiger partial charge in [0.05, 0.1) is 18.2 Å². The van der Waals surface area contributed by atoms with Crippen LogP contribution >= 0.6 is 11.6 Å². The molecule has 8 heteroatoms. The minimum atomic E-state index is -0.950. The average Bonchev–Trinajstić information content (AvgIpc) is 2.75. The fourth-order valence-electron chi connectivity index (χ4n) is 3.96. The third-order valence-corrected chi connectivity index (χ3v) is 6.25. The van der Waals surface area contributed by atoms with Gasteiger partial charge in [-0.05, 0) is 62.9 Å². The Kier molecular flexibility index (Phi) is 10.5. The van der Waals surface area contributed by atoms with Crippen LogP contribution < -0.4 is 16.0 Å². The van der Waals surface area contributed by atoms with Gasteiger partial charge >= 0.3 is 5.97 Å². The Bertz CT molecular complexity index is 810. The van der Waals surface area contributed by atoms with Crippen LogP contribution in [-0.4, -0.2) is 54.4 Å². The molecule has 0 unspecified atom stereocenters. The van der Waals surface area contributed by atoms with Crippen LogP contribution in [-0.2, 0) is 14.3 Å². The SMILES string of the molecule is CCC(CC)O[C@@H]1C=C(C(=O)O)C[C@H](NCCCNc2cccc(Cl)c2C)[C@H]1NC(C)=O. The number of rotatable bonds is 12. The van der Waals surface area contributed by atoms with Gasteiger partial charge in [-0.15, -0.1) is 0 Å². The molecule has 2 rings (SSSR count). The molecular weight excluding hydrogens is 430 g/mol. The maximum Gasteiger partial charge on any atom is 0.331 e. The normalized spacial score (nSPS) is 20.7. The molecule has 0 fully saturated rings. The Balaban J connectivity index is 2.02. The fraction of sp³-hybridized carbons (Fsp3) is 0.583. The highest BCUT2D eigenvalue weighted by molar-refractivity contribution is 6.31. The number of aliphatic carboxylic acids is 1. The quantitative estimate of drug-likeness (QED) is 0.349. The first kappa shape index (κ1) is 26.2. The van der Waals surface area contributed by atoms with Gasteiger partial charge in [0.15, 0.2) is 0 Å². The summed E-state index contributed by atoms with van der Waals surface area (Å²) in [5.41, 5.74) is 2.33. The summed E-state index contributed by atoms with van der Waals surface area (Å²) in [4.78, 5) is 23.6. The molecule has 7 nitrogen and oxygen atoms in total. The van der Waals surface area contributed by atoms with E-state index < -0.39 is 12.1 Å². The maximum atomic E-state index is 11.9. The molecule has 0 saturated carbocycles. The smallest absolute Gasteiger partial charge is 0.331 e. The van der Waals surface area contributed by atoms with Crippen molar-refractivity contribution in [2.75, 3.05) is 18.4 Å². The zero-order chi connectivity index (χ0) is 23.7. The van der Waals surface area contributed by atoms with Crippen molar-refractivity contribution in [3.8, 4) is 0 Å².